The maximum atomic E-state index is 10.0. The molecular weight excluding hydrogens is 134 g/mol. The van der Waals surface area contributed by atoms with Crippen LogP contribution in [0.25, 0.3) is 0 Å². The van der Waals surface area contributed by atoms with Crippen LogP contribution in [0.1, 0.15) is 26.7 Å². The maximum absolute atomic E-state index is 10.0. The van der Waals surface area contributed by atoms with Crippen LogP contribution >= 0.6 is 0 Å². The summed E-state index contributed by atoms with van der Waals surface area (Å²) in [5, 5.41) is 11.0. The van der Waals surface area contributed by atoms with Crippen molar-refractivity contribution in [1.29, 1.82) is 0 Å². The van der Waals surface area contributed by atoms with E-state index in [0.29, 0.717) is 6.42 Å². The van der Waals surface area contributed by atoms with Crippen molar-refractivity contribution in [2.45, 2.75) is 32.2 Å². The minimum absolute atomic E-state index is 0.00125. The Morgan fingerprint density at radius 1 is 1.60 bits per heavy atom. The molecule has 58 valence electrons. The van der Waals surface area contributed by atoms with Gasteiger partial charge in [-0.25, -0.2) is 0 Å². The molecule has 0 aromatic carbocycles. The van der Waals surface area contributed by atoms with Gasteiger partial charge in [0, 0.05) is 6.42 Å². The highest BCUT2D eigenvalue weighted by atomic mass is 16.4. The molecule has 0 radical (unpaired) electrons. The van der Waals surface area contributed by atoms with Gasteiger partial charge in [0.25, 0.3) is 0 Å². The molecule has 0 atom stereocenters. The van der Waals surface area contributed by atoms with Crippen molar-refractivity contribution in [1.82, 2.24) is 0 Å². The molecule has 1 N–H and O–H groups in total. The Bertz CT molecular complexity index is 142. The minimum Gasteiger partial charge on any atom is -0.481 e. The number of rotatable bonds is 4. The van der Waals surface area contributed by atoms with Gasteiger partial charge in [0.05, 0.1) is 5.54 Å². The van der Waals surface area contributed by atoms with Crippen LogP contribution in [-0.4, -0.2) is 16.6 Å². The van der Waals surface area contributed by atoms with Gasteiger partial charge >= 0.3 is 5.97 Å². The van der Waals surface area contributed by atoms with Gasteiger partial charge in [-0.15, -0.1) is 0 Å². The van der Waals surface area contributed by atoms with E-state index in [9.17, 15) is 9.70 Å². The van der Waals surface area contributed by atoms with Crippen molar-refractivity contribution in [3.63, 3.8) is 0 Å². The lowest BCUT2D eigenvalue weighted by atomic mass is 10.0. The third-order valence-corrected chi connectivity index (χ3v) is 1.20. The molecule has 0 heterocycles. The van der Waals surface area contributed by atoms with Gasteiger partial charge in [-0.2, -0.15) is 4.91 Å². The molecule has 0 saturated heterocycles. The van der Waals surface area contributed by atoms with Gasteiger partial charge in [-0.1, -0.05) is 5.18 Å². The summed E-state index contributed by atoms with van der Waals surface area (Å²) in [5.74, 6) is -0.892. The summed E-state index contributed by atoms with van der Waals surface area (Å²) in [6.45, 7) is 3.23. The molecule has 0 aliphatic heterocycles. The normalized spacial score (nSPS) is 11.0. The molecule has 0 aliphatic rings. The van der Waals surface area contributed by atoms with Crippen molar-refractivity contribution < 1.29 is 9.90 Å². The molecule has 0 bridgehead atoms. The number of aliphatic carboxylic acids is 1. The summed E-state index contributed by atoms with van der Waals surface area (Å²) >= 11 is 0. The fourth-order valence-corrected chi connectivity index (χ4v) is 0.458. The molecule has 0 aromatic heterocycles. The lowest BCUT2D eigenvalue weighted by molar-refractivity contribution is -0.137. The Labute approximate surface area is 59.2 Å². The Hall–Kier alpha value is -0.930. The van der Waals surface area contributed by atoms with Crippen molar-refractivity contribution in [2.24, 2.45) is 5.18 Å². The summed E-state index contributed by atoms with van der Waals surface area (Å²) in [5.41, 5.74) is -0.738. The number of carbonyl (C=O) groups is 1. The molecule has 0 unspecified atom stereocenters. The maximum Gasteiger partial charge on any atom is 0.303 e. The molecule has 4 nitrogen and oxygen atoms in total. The van der Waals surface area contributed by atoms with E-state index in [1.807, 2.05) is 0 Å². The van der Waals surface area contributed by atoms with Gasteiger partial charge in [-0.3, -0.25) is 4.79 Å². The summed E-state index contributed by atoms with van der Waals surface area (Å²) in [6.07, 6.45) is 0.296. The number of hydrogen-bond donors (Lipinski definition) is 1. The molecule has 0 spiro atoms. The zero-order valence-electron chi connectivity index (χ0n) is 6.13. The van der Waals surface area contributed by atoms with Crippen molar-refractivity contribution >= 4 is 5.97 Å². The van der Waals surface area contributed by atoms with Gasteiger partial charge < -0.3 is 5.11 Å². The van der Waals surface area contributed by atoms with Crippen molar-refractivity contribution in [3.8, 4) is 0 Å². The van der Waals surface area contributed by atoms with E-state index in [-0.39, 0.29) is 6.42 Å². The fraction of sp³-hybridized carbons (Fsp3) is 0.833. The van der Waals surface area contributed by atoms with E-state index in [4.69, 9.17) is 5.11 Å². The van der Waals surface area contributed by atoms with Crippen molar-refractivity contribution in [3.05, 3.63) is 4.91 Å². The zero-order valence-corrected chi connectivity index (χ0v) is 6.13. The fourth-order valence-electron chi connectivity index (χ4n) is 0.458. The Balaban J connectivity index is 3.67. The van der Waals surface area contributed by atoms with Crippen LogP contribution in [-0.2, 0) is 4.79 Å². The van der Waals surface area contributed by atoms with Gasteiger partial charge in [-0.05, 0) is 20.3 Å². The van der Waals surface area contributed by atoms with Crippen LogP contribution in [0.5, 0.6) is 0 Å². The molecule has 10 heavy (non-hydrogen) atoms. The highest BCUT2D eigenvalue weighted by molar-refractivity contribution is 5.66. The highest BCUT2D eigenvalue weighted by Gasteiger charge is 2.18. The lowest BCUT2D eigenvalue weighted by Gasteiger charge is -2.11. The molecule has 0 aliphatic carbocycles. The topological polar surface area (TPSA) is 66.7 Å². The molecule has 0 fully saturated rings. The number of carboxylic acid groups (broad SMARTS) is 1. The smallest absolute Gasteiger partial charge is 0.303 e. The van der Waals surface area contributed by atoms with Crippen LogP contribution < -0.4 is 0 Å². The average Bonchev–Trinajstić information content (AvgIpc) is 1.85. The summed E-state index contributed by atoms with van der Waals surface area (Å²) in [7, 11) is 0. The summed E-state index contributed by atoms with van der Waals surface area (Å²) in [4.78, 5) is 20.0. The Morgan fingerprint density at radius 2 is 2.10 bits per heavy atom. The van der Waals surface area contributed by atoms with Gasteiger partial charge in [0.1, 0.15) is 0 Å². The second-order valence-corrected chi connectivity index (χ2v) is 2.80. The SMILES string of the molecule is CC(C)(CCC(=O)O)N=O. The third kappa shape index (κ3) is 4.00. The molecular formula is C6H11NO3. The van der Waals surface area contributed by atoms with Crippen LogP contribution in [0.4, 0.5) is 0 Å². The first kappa shape index (κ1) is 9.07. The first-order valence-corrected chi connectivity index (χ1v) is 3.04. The molecule has 0 amide bonds. The van der Waals surface area contributed by atoms with E-state index in [1.165, 1.54) is 0 Å². The quantitative estimate of drug-likeness (QED) is 0.608. The predicted molar refractivity (Wildman–Crippen MR) is 36.7 cm³/mol. The average molecular weight is 145 g/mol. The number of hydrogen-bond acceptors (Lipinski definition) is 3. The Kier molecular flexibility index (Phi) is 2.99. The molecule has 0 saturated carbocycles. The molecule has 0 rings (SSSR count). The first-order valence-electron chi connectivity index (χ1n) is 3.04. The predicted octanol–water partition coefficient (Wildman–Crippen LogP) is 1.40. The van der Waals surface area contributed by atoms with E-state index < -0.39 is 11.5 Å². The highest BCUT2D eigenvalue weighted by Crippen LogP contribution is 2.15. The van der Waals surface area contributed by atoms with Crippen molar-refractivity contribution in [2.75, 3.05) is 0 Å². The standard InChI is InChI=1S/C6H11NO3/c1-6(2,7-10)4-3-5(8)9/h3-4H2,1-2H3,(H,8,9). The second-order valence-electron chi connectivity index (χ2n) is 2.80. The number of nitrogens with zero attached hydrogens (tertiary/aromatic N) is 1. The number of carboxylic acids is 1. The monoisotopic (exact) mass is 145 g/mol. The molecule has 0 aromatic rings. The first-order chi connectivity index (χ1) is 4.48. The minimum atomic E-state index is -0.892. The second kappa shape index (κ2) is 3.29. The van der Waals surface area contributed by atoms with E-state index in [0.717, 1.165) is 0 Å². The van der Waals surface area contributed by atoms with Crippen LogP contribution in [0.3, 0.4) is 0 Å². The van der Waals surface area contributed by atoms with Crippen LogP contribution in [0, 0.1) is 4.91 Å². The van der Waals surface area contributed by atoms with Gasteiger partial charge in [0.15, 0.2) is 0 Å². The van der Waals surface area contributed by atoms with E-state index >= 15 is 0 Å². The third-order valence-electron chi connectivity index (χ3n) is 1.20. The number of nitroso groups, excluding NO2 is 1. The summed E-state index contributed by atoms with van der Waals surface area (Å²) in [6, 6.07) is 0. The molecule has 4 heteroatoms. The van der Waals surface area contributed by atoms with E-state index in [2.05, 4.69) is 5.18 Å². The Morgan fingerprint density at radius 3 is 2.40 bits per heavy atom. The van der Waals surface area contributed by atoms with E-state index in [1.54, 1.807) is 13.8 Å². The lowest BCUT2D eigenvalue weighted by Crippen LogP contribution is -2.17. The van der Waals surface area contributed by atoms with Crippen LogP contribution in [0.15, 0.2) is 5.18 Å². The largest absolute Gasteiger partial charge is 0.481 e. The summed E-state index contributed by atoms with van der Waals surface area (Å²) < 4.78 is 0. The van der Waals surface area contributed by atoms with Crippen LogP contribution in [0.2, 0.25) is 0 Å². The van der Waals surface area contributed by atoms with Gasteiger partial charge in [0.2, 0.25) is 0 Å². The zero-order chi connectivity index (χ0) is 8.20.